The van der Waals surface area contributed by atoms with Crippen molar-refractivity contribution in [2.75, 3.05) is 14.2 Å². The van der Waals surface area contributed by atoms with E-state index in [2.05, 4.69) is 34.9 Å². The van der Waals surface area contributed by atoms with Gasteiger partial charge >= 0.3 is 0 Å². The first-order valence-corrected chi connectivity index (χ1v) is 8.56. The molecule has 0 saturated heterocycles. The molecule has 138 valence electrons. The fourth-order valence-electron chi connectivity index (χ4n) is 2.18. The summed E-state index contributed by atoms with van der Waals surface area (Å²) < 4.78 is 0. The Labute approximate surface area is 159 Å². The predicted octanol–water partition coefficient (Wildman–Crippen LogP) is 1.80. The number of rotatable bonds is 6. The van der Waals surface area contributed by atoms with Crippen LogP contribution in [0.1, 0.15) is 11.1 Å². The molecule has 0 saturated carbocycles. The molecule has 27 heavy (non-hydrogen) atoms. The van der Waals surface area contributed by atoms with Crippen LogP contribution in [0.15, 0.2) is 53.2 Å². The summed E-state index contributed by atoms with van der Waals surface area (Å²) in [6.07, 6.45) is 5.02. The molecular weight excluding hydrogens is 366 g/mol. The van der Waals surface area contributed by atoms with Crippen LogP contribution in [0.5, 0.6) is 0 Å². The van der Waals surface area contributed by atoms with E-state index in [0.29, 0.717) is 11.1 Å². The third-order valence-corrected chi connectivity index (χ3v) is 4.52. The zero-order valence-electron chi connectivity index (χ0n) is 14.7. The summed E-state index contributed by atoms with van der Waals surface area (Å²) in [7, 11) is 2.87. The van der Waals surface area contributed by atoms with Crippen molar-refractivity contribution in [1.29, 1.82) is 0 Å². The van der Waals surface area contributed by atoms with Gasteiger partial charge in [-0.25, -0.2) is 4.98 Å². The molecule has 0 atom stereocenters. The van der Waals surface area contributed by atoms with Crippen LogP contribution in [-0.2, 0) is 9.68 Å². The maximum absolute atomic E-state index is 5.77. The van der Waals surface area contributed by atoms with Gasteiger partial charge in [0.1, 0.15) is 19.2 Å². The molecule has 4 N–H and O–H groups in total. The number of nitrogens with zero attached hydrogens (tertiary/aromatic N) is 5. The molecule has 0 aliphatic rings. The zero-order chi connectivity index (χ0) is 19.2. The standard InChI is InChI=1S/C17H17N7O2S/c1-25-23-15(18)10-3-5-12(20-7-10)14-9-22-17(27-14)13-6-4-11(8-21-13)16(19)24-26-2/h3-9H,1-2H3,(H2,18,23)(H2,19,24). The van der Waals surface area contributed by atoms with E-state index in [1.54, 1.807) is 18.6 Å². The number of thiazole rings is 1. The normalized spacial score (nSPS) is 12.1. The Morgan fingerprint density at radius 3 is 1.85 bits per heavy atom. The van der Waals surface area contributed by atoms with Crippen molar-refractivity contribution < 1.29 is 9.68 Å². The lowest BCUT2D eigenvalue weighted by Gasteiger charge is -2.01. The van der Waals surface area contributed by atoms with Crippen LogP contribution in [0.2, 0.25) is 0 Å². The molecule has 3 rings (SSSR count). The molecule has 0 unspecified atom stereocenters. The van der Waals surface area contributed by atoms with E-state index in [9.17, 15) is 0 Å². The summed E-state index contributed by atoms with van der Waals surface area (Å²) in [5.74, 6) is 0.527. The quantitative estimate of drug-likeness (QED) is 0.376. The van der Waals surface area contributed by atoms with Crippen LogP contribution in [-0.4, -0.2) is 40.8 Å². The van der Waals surface area contributed by atoms with Gasteiger partial charge in [0.2, 0.25) is 0 Å². The predicted molar refractivity (Wildman–Crippen MR) is 104 cm³/mol. The molecule has 10 heteroatoms. The van der Waals surface area contributed by atoms with Gasteiger partial charge in [0.15, 0.2) is 11.7 Å². The summed E-state index contributed by atoms with van der Waals surface area (Å²) >= 11 is 1.48. The molecule has 3 aromatic rings. The highest BCUT2D eigenvalue weighted by molar-refractivity contribution is 7.18. The molecular formula is C17H17N7O2S. The van der Waals surface area contributed by atoms with E-state index < -0.39 is 0 Å². The Morgan fingerprint density at radius 1 is 0.815 bits per heavy atom. The average Bonchev–Trinajstić information content (AvgIpc) is 3.19. The first-order valence-electron chi connectivity index (χ1n) is 7.75. The van der Waals surface area contributed by atoms with Gasteiger partial charge in [-0.2, -0.15) is 0 Å². The van der Waals surface area contributed by atoms with Crippen LogP contribution < -0.4 is 11.5 Å². The minimum Gasteiger partial charge on any atom is -0.397 e. The van der Waals surface area contributed by atoms with Crippen molar-refractivity contribution in [3.8, 4) is 21.3 Å². The number of hydrogen-bond acceptors (Lipinski definition) is 8. The van der Waals surface area contributed by atoms with E-state index >= 15 is 0 Å². The monoisotopic (exact) mass is 383 g/mol. The zero-order valence-corrected chi connectivity index (χ0v) is 15.5. The minimum absolute atomic E-state index is 0.261. The Bertz CT molecular complexity index is 888. The lowest BCUT2D eigenvalue weighted by atomic mass is 10.2. The Morgan fingerprint density at radius 2 is 1.37 bits per heavy atom. The Balaban J connectivity index is 1.80. The summed E-state index contributed by atoms with van der Waals surface area (Å²) in [6, 6.07) is 7.31. The van der Waals surface area contributed by atoms with Crippen LogP contribution in [0.4, 0.5) is 0 Å². The second-order valence-electron chi connectivity index (χ2n) is 5.21. The smallest absolute Gasteiger partial charge is 0.171 e. The third-order valence-electron chi connectivity index (χ3n) is 3.48. The Kier molecular flexibility index (Phi) is 5.57. The van der Waals surface area contributed by atoms with E-state index in [1.807, 2.05) is 24.3 Å². The number of amidine groups is 2. The summed E-state index contributed by atoms with van der Waals surface area (Å²) in [6.45, 7) is 0. The third kappa shape index (κ3) is 4.18. The number of pyridine rings is 2. The topological polar surface area (TPSA) is 134 Å². The highest BCUT2D eigenvalue weighted by atomic mass is 32.1. The molecule has 3 heterocycles. The summed E-state index contributed by atoms with van der Waals surface area (Å²) in [5.41, 5.74) is 14.4. The van der Waals surface area contributed by atoms with Crippen molar-refractivity contribution in [3.63, 3.8) is 0 Å². The van der Waals surface area contributed by atoms with Gasteiger partial charge in [0, 0.05) is 29.7 Å². The van der Waals surface area contributed by atoms with Crippen LogP contribution >= 0.6 is 11.3 Å². The first kappa shape index (κ1) is 18.3. The number of hydrogen-bond donors (Lipinski definition) is 2. The SMILES string of the molecule is CO/N=C(\N)c1ccc(-c2cnc(-c3ccc(/C(N)=N\OC)cn3)s2)nc1. The summed E-state index contributed by atoms with van der Waals surface area (Å²) in [5, 5.41) is 8.13. The van der Waals surface area contributed by atoms with Crippen molar-refractivity contribution >= 4 is 23.0 Å². The van der Waals surface area contributed by atoms with Crippen LogP contribution in [0, 0.1) is 0 Å². The fourth-order valence-corrected chi connectivity index (χ4v) is 3.05. The van der Waals surface area contributed by atoms with Crippen LogP contribution in [0.3, 0.4) is 0 Å². The largest absolute Gasteiger partial charge is 0.397 e. The van der Waals surface area contributed by atoms with E-state index in [-0.39, 0.29) is 11.7 Å². The molecule has 0 fully saturated rings. The second-order valence-corrected chi connectivity index (χ2v) is 6.24. The van der Waals surface area contributed by atoms with E-state index in [4.69, 9.17) is 11.5 Å². The maximum atomic E-state index is 5.77. The van der Waals surface area contributed by atoms with E-state index in [0.717, 1.165) is 21.3 Å². The second kappa shape index (κ2) is 8.23. The van der Waals surface area contributed by atoms with Gasteiger partial charge in [0.05, 0.1) is 16.3 Å². The number of oxime groups is 2. The van der Waals surface area contributed by atoms with Crippen molar-refractivity contribution in [1.82, 2.24) is 15.0 Å². The lowest BCUT2D eigenvalue weighted by molar-refractivity contribution is 0.213. The maximum Gasteiger partial charge on any atom is 0.171 e. The molecule has 0 amide bonds. The Hall–Kier alpha value is -3.53. The highest BCUT2D eigenvalue weighted by Crippen LogP contribution is 2.30. The van der Waals surface area contributed by atoms with E-state index in [1.165, 1.54) is 25.6 Å². The molecule has 0 bridgehead atoms. The lowest BCUT2D eigenvalue weighted by Crippen LogP contribution is -2.13. The average molecular weight is 383 g/mol. The molecule has 9 nitrogen and oxygen atoms in total. The first-order chi connectivity index (χ1) is 13.1. The van der Waals surface area contributed by atoms with Gasteiger partial charge in [-0.3, -0.25) is 9.97 Å². The molecule has 0 aliphatic carbocycles. The van der Waals surface area contributed by atoms with Gasteiger partial charge in [-0.05, 0) is 24.3 Å². The van der Waals surface area contributed by atoms with Crippen molar-refractivity contribution in [2.45, 2.75) is 0 Å². The van der Waals surface area contributed by atoms with Gasteiger partial charge < -0.3 is 21.1 Å². The van der Waals surface area contributed by atoms with Crippen LogP contribution in [0.25, 0.3) is 21.3 Å². The van der Waals surface area contributed by atoms with Gasteiger partial charge in [0.25, 0.3) is 0 Å². The number of aromatic nitrogens is 3. The molecule has 0 aromatic carbocycles. The minimum atomic E-state index is 0.261. The van der Waals surface area contributed by atoms with Gasteiger partial charge in [-0.1, -0.05) is 10.3 Å². The molecule has 0 spiro atoms. The summed E-state index contributed by atoms with van der Waals surface area (Å²) in [4.78, 5) is 23.4. The van der Waals surface area contributed by atoms with Crippen molar-refractivity contribution in [2.24, 2.45) is 21.8 Å². The fraction of sp³-hybridized carbons (Fsp3) is 0.118. The molecule has 0 radical (unpaired) electrons. The molecule has 0 aliphatic heterocycles. The van der Waals surface area contributed by atoms with Crippen molar-refractivity contribution in [3.05, 3.63) is 54.0 Å². The number of nitrogens with two attached hydrogens (primary N) is 2. The highest BCUT2D eigenvalue weighted by Gasteiger charge is 2.10. The van der Waals surface area contributed by atoms with Gasteiger partial charge in [-0.15, -0.1) is 11.3 Å². The molecule has 3 aromatic heterocycles.